The van der Waals surface area contributed by atoms with E-state index >= 15 is 0 Å². The van der Waals surface area contributed by atoms with Gasteiger partial charge >= 0.3 is 5.97 Å². The molecule has 0 spiro atoms. The largest absolute Gasteiger partial charge is 0.489 e. The van der Waals surface area contributed by atoms with Crippen molar-refractivity contribution in [2.24, 2.45) is 0 Å². The Morgan fingerprint density at radius 2 is 1.84 bits per heavy atom. The lowest BCUT2D eigenvalue weighted by molar-refractivity contribution is -0.140. The molecule has 0 saturated carbocycles. The van der Waals surface area contributed by atoms with Gasteiger partial charge < -0.3 is 9.47 Å². The van der Waals surface area contributed by atoms with Gasteiger partial charge in [-0.3, -0.25) is 4.79 Å². The molecule has 4 rings (SSSR count). The standard InChI is InChI=1S/C26H20N2O3S/c27-13-14-30-25(29)17-21(26-28-23-11-4-5-12-24(23)32-26)15-20-9-6-10-22(16-20)31-18-19-7-2-1-3-8-19/h1-12,15-16H,14,17-18H2. The summed E-state index contributed by atoms with van der Waals surface area (Å²) < 4.78 is 12.0. The van der Waals surface area contributed by atoms with Crippen molar-refractivity contribution in [3.63, 3.8) is 0 Å². The van der Waals surface area contributed by atoms with E-state index in [-0.39, 0.29) is 13.0 Å². The van der Waals surface area contributed by atoms with Gasteiger partial charge in [-0.05, 0) is 47.0 Å². The molecule has 0 amide bonds. The first-order valence-corrected chi connectivity index (χ1v) is 10.9. The van der Waals surface area contributed by atoms with Crippen molar-refractivity contribution >= 4 is 39.2 Å². The van der Waals surface area contributed by atoms with Gasteiger partial charge in [-0.25, -0.2) is 4.98 Å². The van der Waals surface area contributed by atoms with Gasteiger partial charge in [0.25, 0.3) is 0 Å². The molecule has 1 heterocycles. The third-order valence-corrected chi connectivity index (χ3v) is 5.76. The number of hydrogen-bond donors (Lipinski definition) is 0. The van der Waals surface area contributed by atoms with Crippen LogP contribution in [0, 0.1) is 11.3 Å². The molecular weight excluding hydrogens is 420 g/mol. The Morgan fingerprint density at radius 1 is 1.03 bits per heavy atom. The van der Waals surface area contributed by atoms with Crippen molar-refractivity contribution in [2.75, 3.05) is 6.61 Å². The molecule has 0 atom stereocenters. The van der Waals surface area contributed by atoms with Crippen LogP contribution in [0.25, 0.3) is 21.9 Å². The molecule has 0 fully saturated rings. The number of nitriles is 1. The first-order valence-electron chi connectivity index (χ1n) is 10.1. The molecular formula is C26H20N2O3S. The number of ether oxygens (including phenoxy) is 2. The molecule has 0 aliphatic rings. The number of carbonyl (C=O) groups is 1. The van der Waals surface area contributed by atoms with Crippen molar-refractivity contribution in [3.05, 3.63) is 95.0 Å². The van der Waals surface area contributed by atoms with Gasteiger partial charge in [0.05, 0.1) is 16.6 Å². The normalized spacial score (nSPS) is 11.2. The highest BCUT2D eigenvalue weighted by Gasteiger charge is 2.14. The zero-order valence-electron chi connectivity index (χ0n) is 17.2. The minimum atomic E-state index is -0.464. The Balaban J connectivity index is 1.60. The van der Waals surface area contributed by atoms with E-state index in [4.69, 9.17) is 14.7 Å². The number of aromatic nitrogens is 1. The fourth-order valence-corrected chi connectivity index (χ4v) is 4.13. The SMILES string of the molecule is N#CCOC(=O)CC(=Cc1cccc(OCc2ccccc2)c1)c1nc2ccccc2s1. The second kappa shape index (κ2) is 10.4. The van der Waals surface area contributed by atoms with Gasteiger partial charge in [-0.1, -0.05) is 54.6 Å². The first kappa shape index (κ1) is 21.3. The quantitative estimate of drug-likeness (QED) is 0.320. The van der Waals surface area contributed by atoms with Gasteiger partial charge in [0, 0.05) is 0 Å². The lowest BCUT2D eigenvalue weighted by Crippen LogP contribution is -2.05. The highest BCUT2D eigenvalue weighted by Crippen LogP contribution is 2.31. The summed E-state index contributed by atoms with van der Waals surface area (Å²) in [6.07, 6.45) is 1.94. The van der Waals surface area contributed by atoms with Crippen molar-refractivity contribution in [2.45, 2.75) is 13.0 Å². The summed E-state index contributed by atoms with van der Waals surface area (Å²) >= 11 is 1.52. The molecule has 5 nitrogen and oxygen atoms in total. The van der Waals surface area contributed by atoms with Gasteiger partial charge in [-0.2, -0.15) is 5.26 Å². The van der Waals surface area contributed by atoms with E-state index < -0.39 is 5.97 Å². The molecule has 6 heteroatoms. The predicted molar refractivity (Wildman–Crippen MR) is 126 cm³/mol. The van der Waals surface area contributed by atoms with Crippen molar-refractivity contribution in [3.8, 4) is 11.8 Å². The number of hydrogen-bond acceptors (Lipinski definition) is 6. The van der Waals surface area contributed by atoms with Crippen LogP contribution in [-0.4, -0.2) is 17.6 Å². The monoisotopic (exact) mass is 440 g/mol. The summed E-state index contributed by atoms with van der Waals surface area (Å²) in [4.78, 5) is 16.9. The summed E-state index contributed by atoms with van der Waals surface area (Å²) in [6.45, 7) is 0.202. The van der Waals surface area contributed by atoms with E-state index in [9.17, 15) is 4.79 Å². The number of thiazole rings is 1. The van der Waals surface area contributed by atoms with Crippen molar-refractivity contribution in [1.82, 2.24) is 4.98 Å². The van der Waals surface area contributed by atoms with E-state index in [2.05, 4.69) is 4.98 Å². The Kier molecular flexibility index (Phi) is 6.91. The fraction of sp³-hybridized carbons (Fsp3) is 0.115. The van der Waals surface area contributed by atoms with Gasteiger partial charge in [0.2, 0.25) is 0 Å². The van der Waals surface area contributed by atoms with E-state index in [0.29, 0.717) is 6.61 Å². The molecule has 0 unspecified atom stereocenters. The van der Waals surface area contributed by atoms with Crippen LogP contribution in [0.15, 0.2) is 78.9 Å². The van der Waals surface area contributed by atoms with Crippen LogP contribution in [-0.2, 0) is 16.1 Å². The van der Waals surface area contributed by atoms with Crippen LogP contribution < -0.4 is 4.74 Å². The Morgan fingerprint density at radius 3 is 2.66 bits per heavy atom. The maximum Gasteiger partial charge on any atom is 0.311 e. The number of benzene rings is 3. The topological polar surface area (TPSA) is 72.2 Å². The average molecular weight is 441 g/mol. The predicted octanol–water partition coefficient (Wildman–Crippen LogP) is 5.87. The molecule has 0 radical (unpaired) electrons. The molecule has 4 aromatic rings. The van der Waals surface area contributed by atoms with E-state index in [1.807, 2.05) is 91.0 Å². The zero-order valence-corrected chi connectivity index (χ0v) is 18.0. The minimum absolute atomic E-state index is 0.0244. The smallest absolute Gasteiger partial charge is 0.311 e. The van der Waals surface area contributed by atoms with Crippen molar-refractivity contribution in [1.29, 1.82) is 5.26 Å². The number of esters is 1. The molecule has 0 aliphatic heterocycles. The van der Waals surface area contributed by atoms with Crippen LogP contribution >= 0.6 is 11.3 Å². The Bertz CT molecular complexity index is 1260. The van der Waals surface area contributed by atoms with Crippen LogP contribution in [0.3, 0.4) is 0 Å². The number of carbonyl (C=O) groups excluding carboxylic acids is 1. The number of fused-ring (bicyclic) bond motifs is 1. The Labute approximate surface area is 190 Å². The first-order chi connectivity index (χ1) is 15.7. The number of para-hydroxylation sites is 1. The highest BCUT2D eigenvalue weighted by atomic mass is 32.1. The maximum atomic E-state index is 12.3. The minimum Gasteiger partial charge on any atom is -0.489 e. The summed E-state index contributed by atoms with van der Waals surface area (Å²) in [7, 11) is 0. The number of rotatable bonds is 8. The zero-order chi connectivity index (χ0) is 22.2. The molecule has 3 aromatic carbocycles. The van der Waals surface area contributed by atoms with Crippen LogP contribution in [0.5, 0.6) is 5.75 Å². The van der Waals surface area contributed by atoms with E-state index in [1.54, 1.807) is 0 Å². The third-order valence-electron chi connectivity index (χ3n) is 4.65. The fourth-order valence-electron chi connectivity index (χ4n) is 3.15. The molecule has 158 valence electrons. The third kappa shape index (κ3) is 5.60. The number of nitrogens with zero attached hydrogens (tertiary/aromatic N) is 2. The summed E-state index contributed by atoms with van der Waals surface area (Å²) in [6, 6.07) is 27.3. The van der Waals surface area contributed by atoms with E-state index in [1.165, 1.54) is 11.3 Å². The molecule has 1 aromatic heterocycles. The van der Waals surface area contributed by atoms with Crippen LogP contribution in [0.4, 0.5) is 0 Å². The van der Waals surface area contributed by atoms with Gasteiger partial charge in [0.15, 0.2) is 6.61 Å². The summed E-state index contributed by atoms with van der Waals surface area (Å²) in [5.41, 5.74) is 3.58. The summed E-state index contributed by atoms with van der Waals surface area (Å²) in [5, 5.41) is 9.44. The van der Waals surface area contributed by atoms with Crippen molar-refractivity contribution < 1.29 is 14.3 Å². The average Bonchev–Trinajstić information content (AvgIpc) is 3.26. The van der Waals surface area contributed by atoms with Crippen LogP contribution in [0.1, 0.15) is 22.6 Å². The van der Waals surface area contributed by atoms with Crippen LogP contribution in [0.2, 0.25) is 0 Å². The molecule has 0 saturated heterocycles. The second-order valence-corrected chi connectivity index (χ2v) is 8.03. The molecule has 32 heavy (non-hydrogen) atoms. The highest BCUT2D eigenvalue weighted by molar-refractivity contribution is 7.19. The Hall–Kier alpha value is -3.95. The summed E-state index contributed by atoms with van der Waals surface area (Å²) in [5.74, 6) is 0.270. The van der Waals surface area contributed by atoms with Gasteiger partial charge in [0.1, 0.15) is 23.4 Å². The molecule has 0 aliphatic carbocycles. The second-order valence-electron chi connectivity index (χ2n) is 7.00. The lowest BCUT2D eigenvalue weighted by Gasteiger charge is -2.08. The van der Waals surface area contributed by atoms with Gasteiger partial charge in [-0.15, -0.1) is 11.3 Å². The molecule has 0 bridgehead atoms. The lowest BCUT2D eigenvalue weighted by atomic mass is 10.1. The maximum absolute atomic E-state index is 12.3. The van der Waals surface area contributed by atoms with E-state index in [0.717, 1.165) is 37.7 Å². The molecule has 0 N–H and O–H groups in total.